The molecule has 0 radical (unpaired) electrons. The molecule has 3 N–H and O–H groups in total. The minimum Gasteiger partial charge on any atom is -0.480 e. The van der Waals surface area contributed by atoms with Crippen LogP contribution in [0.25, 0.3) is 0 Å². The molecular formula is C10H21NO3. The van der Waals surface area contributed by atoms with Crippen LogP contribution in [0, 0.1) is 5.92 Å². The van der Waals surface area contributed by atoms with Crippen LogP contribution in [0.1, 0.15) is 33.6 Å². The third kappa shape index (κ3) is 4.58. The minimum atomic E-state index is -0.816. The molecule has 4 nitrogen and oxygen atoms in total. The van der Waals surface area contributed by atoms with Crippen molar-refractivity contribution in [1.82, 2.24) is 5.32 Å². The first-order chi connectivity index (χ1) is 6.52. The second-order valence-corrected chi connectivity index (χ2v) is 3.79. The lowest BCUT2D eigenvalue weighted by Crippen LogP contribution is -2.45. The summed E-state index contributed by atoms with van der Waals surface area (Å²) < 4.78 is 0. The van der Waals surface area contributed by atoms with E-state index in [1.54, 1.807) is 0 Å². The zero-order chi connectivity index (χ0) is 11.1. The van der Waals surface area contributed by atoms with Gasteiger partial charge >= 0.3 is 5.97 Å². The van der Waals surface area contributed by atoms with Gasteiger partial charge in [-0.1, -0.05) is 20.3 Å². The number of rotatable bonds is 7. The molecule has 0 bridgehead atoms. The van der Waals surface area contributed by atoms with Gasteiger partial charge in [-0.25, -0.2) is 0 Å². The Bertz CT molecular complexity index is 173. The molecule has 14 heavy (non-hydrogen) atoms. The number of aliphatic hydroxyl groups is 1. The SMILES string of the molecule is CCCC(NC(C)C(C)CO)C(=O)O. The molecule has 0 aromatic rings. The highest BCUT2D eigenvalue weighted by Gasteiger charge is 2.20. The van der Waals surface area contributed by atoms with Crippen LogP contribution in [0.5, 0.6) is 0 Å². The molecule has 0 aliphatic carbocycles. The summed E-state index contributed by atoms with van der Waals surface area (Å²) in [4.78, 5) is 10.8. The zero-order valence-corrected chi connectivity index (χ0v) is 9.16. The maximum atomic E-state index is 10.8. The van der Waals surface area contributed by atoms with Crippen molar-refractivity contribution in [2.24, 2.45) is 5.92 Å². The molecule has 0 rings (SSSR count). The van der Waals surface area contributed by atoms with E-state index < -0.39 is 12.0 Å². The molecule has 3 atom stereocenters. The fourth-order valence-corrected chi connectivity index (χ4v) is 1.21. The van der Waals surface area contributed by atoms with Crippen molar-refractivity contribution in [1.29, 1.82) is 0 Å². The summed E-state index contributed by atoms with van der Waals surface area (Å²) in [5, 5.41) is 20.8. The number of carboxylic acid groups (broad SMARTS) is 1. The average Bonchev–Trinajstić information content (AvgIpc) is 2.15. The first-order valence-electron chi connectivity index (χ1n) is 5.12. The van der Waals surface area contributed by atoms with Gasteiger partial charge in [0.25, 0.3) is 0 Å². The minimum absolute atomic E-state index is 0.0210. The quantitative estimate of drug-likeness (QED) is 0.573. The van der Waals surface area contributed by atoms with Gasteiger partial charge in [0.15, 0.2) is 0 Å². The molecule has 0 aliphatic rings. The van der Waals surface area contributed by atoms with E-state index in [1.165, 1.54) is 0 Å². The molecule has 3 unspecified atom stereocenters. The van der Waals surface area contributed by atoms with Gasteiger partial charge in [0.1, 0.15) is 6.04 Å². The largest absolute Gasteiger partial charge is 0.480 e. The summed E-state index contributed by atoms with van der Waals surface area (Å²) in [6.07, 6.45) is 1.46. The van der Waals surface area contributed by atoms with Crippen LogP contribution in [-0.2, 0) is 4.79 Å². The first-order valence-corrected chi connectivity index (χ1v) is 5.12. The first kappa shape index (κ1) is 13.4. The average molecular weight is 203 g/mol. The predicted molar refractivity (Wildman–Crippen MR) is 55.2 cm³/mol. The summed E-state index contributed by atoms with van der Waals surface area (Å²) in [6, 6.07) is -0.475. The maximum Gasteiger partial charge on any atom is 0.320 e. The molecule has 0 spiro atoms. The molecule has 84 valence electrons. The smallest absolute Gasteiger partial charge is 0.320 e. The molecule has 0 heterocycles. The monoisotopic (exact) mass is 203 g/mol. The Balaban J connectivity index is 4.08. The van der Waals surface area contributed by atoms with Gasteiger partial charge in [-0.3, -0.25) is 4.79 Å². The fourth-order valence-electron chi connectivity index (χ4n) is 1.21. The van der Waals surface area contributed by atoms with E-state index in [0.29, 0.717) is 6.42 Å². The summed E-state index contributed by atoms with van der Waals surface area (Å²) in [6.45, 7) is 5.82. The molecule has 0 aromatic carbocycles. The van der Waals surface area contributed by atoms with Crippen LogP contribution in [0.4, 0.5) is 0 Å². The van der Waals surface area contributed by atoms with Gasteiger partial charge in [-0.15, -0.1) is 0 Å². The Kier molecular flexibility index (Phi) is 6.49. The fraction of sp³-hybridized carbons (Fsp3) is 0.900. The number of aliphatic carboxylic acids is 1. The third-order valence-corrected chi connectivity index (χ3v) is 2.48. The summed E-state index contributed by atoms with van der Waals surface area (Å²) in [5.74, 6) is -0.738. The Morgan fingerprint density at radius 3 is 2.36 bits per heavy atom. The number of carbonyl (C=O) groups is 1. The number of carboxylic acids is 1. The molecular weight excluding hydrogens is 182 g/mol. The lowest BCUT2D eigenvalue weighted by atomic mass is 10.0. The molecule has 0 saturated heterocycles. The van der Waals surface area contributed by atoms with E-state index in [-0.39, 0.29) is 18.6 Å². The summed E-state index contributed by atoms with van der Waals surface area (Å²) in [5.41, 5.74) is 0. The topological polar surface area (TPSA) is 69.6 Å². The van der Waals surface area contributed by atoms with Crippen molar-refractivity contribution < 1.29 is 15.0 Å². The highest BCUT2D eigenvalue weighted by Crippen LogP contribution is 2.05. The van der Waals surface area contributed by atoms with Crippen molar-refractivity contribution in [3.63, 3.8) is 0 Å². The standard InChI is InChI=1S/C10H21NO3/c1-4-5-9(10(13)14)11-8(3)7(2)6-12/h7-9,11-12H,4-6H2,1-3H3,(H,13,14). The van der Waals surface area contributed by atoms with Crippen molar-refractivity contribution in [3.8, 4) is 0 Å². The van der Waals surface area contributed by atoms with Gasteiger partial charge < -0.3 is 15.5 Å². The van der Waals surface area contributed by atoms with Gasteiger partial charge in [0.05, 0.1) is 0 Å². The number of hydrogen-bond donors (Lipinski definition) is 3. The maximum absolute atomic E-state index is 10.8. The van der Waals surface area contributed by atoms with E-state index in [0.717, 1.165) is 6.42 Å². The lowest BCUT2D eigenvalue weighted by molar-refractivity contribution is -0.140. The van der Waals surface area contributed by atoms with Crippen molar-refractivity contribution in [3.05, 3.63) is 0 Å². The normalized spacial score (nSPS) is 17.4. The third-order valence-electron chi connectivity index (χ3n) is 2.48. The molecule has 0 amide bonds. The zero-order valence-electron chi connectivity index (χ0n) is 9.16. The van der Waals surface area contributed by atoms with Gasteiger partial charge in [0, 0.05) is 12.6 Å². The Morgan fingerprint density at radius 2 is 2.00 bits per heavy atom. The van der Waals surface area contributed by atoms with Gasteiger partial charge in [-0.2, -0.15) is 0 Å². The highest BCUT2D eigenvalue weighted by molar-refractivity contribution is 5.73. The molecule has 0 saturated carbocycles. The molecule has 0 aliphatic heterocycles. The van der Waals surface area contributed by atoms with Crippen LogP contribution in [-0.4, -0.2) is 34.9 Å². The van der Waals surface area contributed by atoms with E-state index in [9.17, 15) is 4.79 Å². The van der Waals surface area contributed by atoms with Crippen molar-refractivity contribution in [2.45, 2.75) is 45.7 Å². The van der Waals surface area contributed by atoms with Crippen LogP contribution in [0.2, 0.25) is 0 Å². The second kappa shape index (κ2) is 6.79. The van der Waals surface area contributed by atoms with Crippen LogP contribution in [0.3, 0.4) is 0 Å². The van der Waals surface area contributed by atoms with Gasteiger partial charge in [-0.05, 0) is 19.3 Å². The van der Waals surface area contributed by atoms with Crippen molar-refractivity contribution >= 4 is 5.97 Å². The number of aliphatic hydroxyl groups excluding tert-OH is 1. The van der Waals surface area contributed by atoms with Crippen LogP contribution < -0.4 is 5.32 Å². The number of hydrogen-bond acceptors (Lipinski definition) is 3. The lowest BCUT2D eigenvalue weighted by Gasteiger charge is -2.23. The van der Waals surface area contributed by atoms with Crippen LogP contribution >= 0.6 is 0 Å². The Morgan fingerprint density at radius 1 is 1.43 bits per heavy atom. The molecule has 0 aromatic heterocycles. The van der Waals surface area contributed by atoms with E-state index in [1.807, 2.05) is 20.8 Å². The number of nitrogens with one attached hydrogen (secondary N) is 1. The summed E-state index contributed by atoms with van der Waals surface area (Å²) >= 11 is 0. The van der Waals surface area contributed by atoms with E-state index >= 15 is 0 Å². The van der Waals surface area contributed by atoms with E-state index in [4.69, 9.17) is 10.2 Å². The molecule has 0 fully saturated rings. The Labute approximate surface area is 85.3 Å². The highest BCUT2D eigenvalue weighted by atomic mass is 16.4. The Hall–Kier alpha value is -0.610. The molecule has 4 heteroatoms. The second-order valence-electron chi connectivity index (χ2n) is 3.79. The van der Waals surface area contributed by atoms with E-state index in [2.05, 4.69) is 5.32 Å². The van der Waals surface area contributed by atoms with Crippen LogP contribution in [0.15, 0.2) is 0 Å². The predicted octanol–water partition coefficient (Wildman–Crippen LogP) is 0.846. The van der Waals surface area contributed by atoms with Crippen molar-refractivity contribution in [2.75, 3.05) is 6.61 Å². The van der Waals surface area contributed by atoms with Gasteiger partial charge in [0.2, 0.25) is 0 Å². The summed E-state index contributed by atoms with van der Waals surface area (Å²) in [7, 11) is 0.